The number of hydrogen-bond acceptors (Lipinski definition) is 5. The SMILES string of the molecule is CCOC(=O)c1nnn(C2CCOC3(CCC3)C2)c1C. The molecular weight excluding hydrogens is 258 g/mol. The van der Waals surface area contributed by atoms with Crippen LogP contribution in [0.15, 0.2) is 0 Å². The van der Waals surface area contributed by atoms with Gasteiger partial charge in [0.1, 0.15) is 0 Å². The zero-order chi connectivity index (χ0) is 14.2. The van der Waals surface area contributed by atoms with Gasteiger partial charge in [0, 0.05) is 6.61 Å². The number of esters is 1. The Balaban J connectivity index is 1.78. The lowest BCUT2D eigenvalue weighted by atomic mass is 9.74. The molecule has 1 saturated heterocycles. The van der Waals surface area contributed by atoms with Gasteiger partial charge >= 0.3 is 5.97 Å². The topological polar surface area (TPSA) is 66.2 Å². The number of carbonyl (C=O) groups is 1. The number of rotatable bonds is 3. The minimum absolute atomic E-state index is 0.0609. The van der Waals surface area contributed by atoms with Crippen molar-refractivity contribution in [2.75, 3.05) is 13.2 Å². The smallest absolute Gasteiger partial charge is 0.360 e. The van der Waals surface area contributed by atoms with Crippen LogP contribution in [0.4, 0.5) is 0 Å². The monoisotopic (exact) mass is 279 g/mol. The summed E-state index contributed by atoms with van der Waals surface area (Å²) in [6.45, 7) is 4.79. The standard InChI is InChI=1S/C14H21N3O3/c1-3-19-13(18)12-10(2)17(16-15-12)11-5-8-20-14(9-11)6-4-7-14/h11H,3-9H2,1-2H3. The first kappa shape index (κ1) is 13.5. The van der Waals surface area contributed by atoms with E-state index in [4.69, 9.17) is 9.47 Å². The molecule has 3 rings (SSSR count). The van der Waals surface area contributed by atoms with Crippen molar-refractivity contribution in [1.82, 2.24) is 15.0 Å². The van der Waals surface area contributed by atoms with Crippen LogP contribution in [0.1, 0.15) is 61.3 Å². The van der Waals surface area contributed by atoms with Gasteiger partial charge in [0.05, 0.1) is 23.9 Å². The van der Waals surface area contributed by atoms with Crippen molar-refractivity contribution in [2.24, 2.45) is 0 Å². The molecule has 1 aromatic rings. The molecule has 1 unspecified atom stereocenters. The molecule has 1 aromatic heterocycles. The Kier molecular flexibility index (Phi) is 3.50. The largest absolute Gasteiger partial charge is 0.461 e. The van der Waals surface area contributed by atoms with Crippen LogP contribution >= 0.6 is 0 Å². The molecule has 2 heterocycles. The van der Waals surface area contributed by atoms with Gasteiger partial charge in [-0.3, -0.25) is 0 Å². The van der Waals surface area contributed by atoms with Crippen molar-refractivity contribution >= 4 is 5.97 Å². The molecule has 0 bridgehead atoms. The fourth-order valence-electron chi connectivity index (χ4n) is 3.21. The van der Waals surface area contributed by atoms with Crippen molar-refractivity contribution in [2.45, 2.75) is 57.6 Å². The van der Waals surface area contributed by atoms with Crippen LogP contribution in [0.5, 0.6) is 0 Å². The van der Waals surface area contributed by atoms with Crippen LogP contribution in [0.2, 0.25) is 0 Å². The molecule has 2 fully saturated rings. The highest BCUT2D eigenvalue weighted by Crippen LogP contribution is 2.45. The highest BCUT2D eigenvalue weighted by molar-refractivity contribution is 5.88. The van der Waals surface area contributed by atoms with Crippen LogP contribution in [0.3, 0.4) is 0 Å². The van der Waals surface area contributed by atoms with Crippen molar-refractivity contribution in [3.8, 4) is 0 Å². The quantitative estimate of drug-likeness (QED) is 0.792. The Morgan fingerprint density at radius 3 is 3.00 bits per heavy atom. The molecule has 110 valence electrons. The van der Waals surface area contributed by atoms with Crippen molar-refractivity contribution in [3.05, 3.63) is 11.4 Å². The maximum Gasteiger partial charge on any atom is 0.360 e. The van der Waals surface area contributed by atoms with E-state index in [0.29, 0.717) is 12.3 Å². The van der Waals surface area contributed by atoms with Crippen LogP contribution < -0.4 is 0 Å². The molecule has 0 N–H and O–H groups in total. The predicted molar refractivity (Wildman–Crippen MR) is 71.5 cm³/mol. The van der Waals surface area contributed by atoms with Gasteiger partial charge in [-0.15, -0.1) is 5.10 Å². The summed E-state index contributed by atoms with van der Waals surface area (Å²) in [7, 11) is 0. The van der Waals surface area contributed by atoms with E-state index in [9.17, 15) is 4.79 Å². The summed E-state index contributed by atoms with van der Waals surface area (Å²) in [4.78, 5) is 11.8. The van der Waals surface area contributed by atoms with E-state index in [-0.39, 0.29) is 17.6 Å². The number of nitrogens with zero attached hydrogens (tertiary/aromatic N) is 3. The molecule has 6 nitrogen and oxygen atoms in total. The zero-order valence-corrected chi connectivity index (χ0v) is 12.1. The predicted octanol–water partition coefficient (Wildman–Crippen LogP) is 2.04. The third-order valence-electron chi connectivity index (χ3n) is 4.47. The minimum atomic E-state index is -0.387. The molecule has 1 aliphatic carbocycles. The van der Waals surface area contributed by atoms with Gasteiger partial charge in [-0.05, 0) is 46.0 Å². The Morgan fingerprint density at radius 1 is 1.55 bits per heavy atom. The van der Waals surface area contributed by atoms with Crippen LogP contribution in [-0.2, 0) is 9.47 Å². The fourth-order valence-corrected chi connectivity index (χ4v) is 3.21. The second kappa shape index (κ2) is 5.16. The normalized spacial score (nSPS) is 24.4. The molecule has 2 aliphatic rings. The third-order valence-corrected chi connectivity index (χ3v) is 4.47. The summed E-state index contributed by atoms with van der Waals surface area (Å²) in [5.74, 6) is -0.387. The highest BCUT2D eigenvalue weighted by Gasteiger charge is 2.43. The first-order valence-electron chi connectivity index (χ1n) is 7.38. The summed E-state index contributed by atoms with van der Waals surface area (Å²) in [6.07, 6.45) is 5.43. The fraction of sp³-hybridized carbons (Fsp3) is 0.786. The highest BCUT2D eigenvalue weighted by atomic mass is 16.5. The maximum atomic E-state index is 11.8. The number of ether oxygens (including phenoxy) is 2. The van der Waals surface area contributed by atoms with E-state index in [1.54, 1.807) is 6.92 Å². The van der Waals surface area contributed by atoms with Gasteiger partial charge in [0.25, 0.3) is 0 Å². The molecule has 1 spiro atoms. The molecule has 1 atom stereocenters. The van der Waals surface area contributed by atoms with Crippen LogP contribution in [0, 0.1) is 6.92 Å². The van der Waals surface area contributed by atoms with E-state index in [1.807, 2.05) is 11.6 Å². The van der Waals surface area contributed by atoms with Gasteiger partial charge in [-0.25, -0.2) is 9.48 Å². The maximum absolute atomic E-state index is 11.8. The zero-order valence-electron chi connectivity index (χ0n) is 12.1. The van der Waals surface area contributed by atoms with Gasteiger partial charge < -0.3 is 9.47 Å². The molecule has 1 saturated carbocycles. The van der Waals surface area contributed by atoms with Crippen LogP contribution in [-0.4, -0.2) is 39.8 Å². The Morgan fingerprint density at radius 2 is 2.35 bits per heavy atom. The van der Waals surface area contributed by atoms with Crippen molar-refractivity contribution < 1.29 is 14.3 Å². The first-order chi connectivity index (χ1) is 9.65. The molecule has 0 radical (unpaired) electrons. The Hall–Kier alpha value is -1.43. The second-order valence-corrected chi connectivity index (χ2v) is 5.72. The molecule has 0 amide bonds. The average molecular weight is 279 g/mol. The second-order valence-electron chi connectivity index (χ2n) is 5.72. The van der Waals surface area contributed by atoms with E-state index in [1.165, 1.54) is 6.42 Å². The number of hydrogen-bond donors (Lipinski definition) is 0. The van der Waals surface area contributed by atoms with Gasteiger partial charge in [-0.1, -0.05) is 5.21 Å². The number of aromatic nitrogens is 3. The van der Waals surface area contributed by atoms with Gasteiger partial charge in [0.15, 0.2) is 5.69 Å². The molecule has 1 aliphatic heterocycles. The van der Waals surface area contributed by atoms with Gasteiger partial charge in [-0.2, -0.15) is 0 Å². The van der Waals surface area contributed by atoms with Crippen molar-refractivity contribution in [1.29, 1.82) is 0 Å². The van der Waals surface area contributed by atoms with Crippen LogP contribution in [0.25, 0.3) is 0 Å². The lowest BCUT2D eigenvalue weighted by molar-refractivity contribution is -0.141. The Bertz CT molecular complexity index is 508. The van der Waals surface area contributed by atoms with E-state index < -0.39 is 0 Å². The third kappa shape index (κ3) is 2.22. The van der Waals surface area contributed by atoms with Gasteiger partial charge in [0.2, 0.25) is 0 Å². The van der Waals surface area contributed by atoms with E-state index >= 15 is 0 Å². The lowest BCUT2D eigenvalue weighted by Crippen LogP contribution is -2.46. The van der Waals surface area contributed by atoms with Crippen molar-refractivity contribution in [3.63, 3.8) is 0 Å². The lowest BCUT2D eigenvalue weighted by Gasteiger charge is -2.47. The van der Waals surface area contributed by atoms with E-state index in [0.717, 1.165) is 38.0 Å². The average Bonchev–Trinajstić information content (AvgIpc) is 2.79. The molecule has 0 aromatic carbocycles. The minimum Gasteiger partial charge on any atom is -0.461 e. The molecular formula is C14H21N3O3. The van der Waals surface area contributed by atoms with E-state index in [2.05, 4.69) is 10.3 Å². The summed E-state index contributed by atoms with van der Waals surface area (Å²) in [5, 5.41) is 8.18. The molecule has 6 heteroatoms. The Labute approximate surface area is 118 Å². The summed E-state index contributed by atoms with van der Waals surface area (Å²) < 4.78 is 12.8. The summed E-state index contributed by atoms with van der Waals surface area (Å²) in [5.41, 5.74) is 1.19. The summed E-state index contributed by atoms with van der Waals surface area (Å²) >= 11 is 0. The molecule has 20 heavy (non-hydrogen) atoms. The first-order valence-corrected chi connectivity index (χ1v) is 7.38. The summed E-state index contributed by atoms with van der Waals surface area (Å²) in [6, 6.07) is 0.278. The number of carbonyl (C=O) groups excluding carboxylic acids is 1.